The molecule has 0 saturated carbocycles. The molecule has 0 aromatic carbocycles. The Kier molecular flexibility index (Phi) is 6.49. The zero-order valence-corrected chi connectivity index (χ0v) is 9.29. The maximum Gasteiger partial charge on any atom is 0.218 e. The van der Waals surface area contributed by atoms with Crippen LogP contribution in [-0.2, 0) is 4.79 Å². The van der Waals surface area contributed by atoms with Crippen LogP contribution in [0, 0.1) is 5.92 Å². The van der Waals surface area contributed by atoms with Gasteiger partial charge >= 0.3 is 0 Å². The first kappa shape index (κ1) is 13.4. The van der Waals surface area contributed by atoms with Crippen LogP contribution in [0.2, 0.25) is 0 Å². The molecule has 4 nitrogen and oxygen atoms in total. The van der Waals surface area contributed by atoms with Crippen LogP contribution in [0.4, 0.5) is 0 Å². The molecule has 2 atom stereocenters. The van der Waals surface area contributed by atoms with Crippen LogP contribution in [-0.4, -0.2) is 29.7 Å². The second-order valence-electron chi connectivity index (χ2n) is 4.25. The molecule has 0 aromatic rings. The summed E-state index contributed by atoms with van der Waals surface area (Å²) in [5.74, 6) is 0.215. The molecule has 1 amide bonds. The van der Waals surface area contributed by atoms with Crippen molar-refractivity contribution in [2.75, 3.05) is 6.61 Å². The van der Waals surface area contributed by atoms with Crippen molar-refractivity contribution in [2.24, 2.45) is 11.7 Å². The first-order valence-electron chi connectivity index (χ1n) is 5.10. The molecule has 0 aliphatic carbocycles. The van der Waals surface area contributed by atoms with Crippen molar-refractivity contribution in [3.63, 3.8) is 0 Å². The summed E-state index contributed by atoms with van der Waals surface area (Å²) in [6, 6.07) is 0.0905. The third-order valence-electron chi connectivity index (χ3n) is 2.00. The minimum atomic E-state index is -0.314. The zero-order valence-electron chi connectivity index (χ0n) is 9.29. The molecule has 4 N–H and O–H groups in total. The molecule has 0 heterocycles. The van der Waals surface area contributed by atoms with Gasteiger partial charge in [-0.2, -0.15) is 0 Å². The minimum Gasteiger partial charge on any atom is -0.395 e. The van der Waals surface area contributed by atoms with Crippen LogP contribution in [0.3, 0.4) is 0 Å². The highest BCUT2D eigenvalue weighted by atomic mass is 16.3. The third kappa shape index (κ3) is 6.86. The van der Waals surface area contributed by atoms with E-state index in [1.807, 2.05) is 6.92 Å². The molecule has 0 spiro atoms. The van der Waals surface area contributed by atoms with Gasteiger partial charge in [0.05, 0.1) is 6.61 Å². The van der Waals surface area contributed by atoms with Gasteiger partial charge in [0.2, 0.25) is 5.91 Å². The topological polar surface area (TPSA) is 75.3 Å². The molecule has 14 heavy (non-hydrogen) atoms. The van der Waals surface area contributed by atoms with E-state index in [1.54, 1.807) is 0 Å². The molecule has 0 rings (SSSR count). The molecule has 0 aliphatic heterocycles. The van der Waals surface area contributed by atoms with Gasteiger partial charge in [0, 0.05) is 18.5 Å². The first-order valence-corrected chi connectivity index (χ1v) is 5.10. The van der Waals surface area contributed by atoms with Gasteiger partial charge in [-0.3, -0.25) is 4.79 Å². The largest absolute Gasteiger partial charge is 0.395 e. The van der Waals surface area contributed by atoms with E-state index in [0.29, 0.717) is 12.3 Å². The SMILES string of the molecule is CC(C)CC(CO)NC(C)CC(N)=O. The van der Waals surface area contributed by atoms with Gasteiger partial charge < -0.3 is 16.2 Å². The lowest BCUT2D eigenvalue weighted by molar-refractivity contribution is -0.118. The van der Waals surface area contributed by atoms with Crippen molar-refractivity contribution >= 4 is 5.91 Å². The van der Waals surface area contributed by atoms with Gasteiger partial charge in [-0.15, -0.1) is 0 Å². The third-order valence-corrected chi connectivity index (χ3v) is 2.00. The number of nitrogens with one attached hydrogen (secondary N) is 1. The monoisotopic (exact) mass is 202 g/mol. The maximum absolute atomic E-state index is 10.6. The van der Waals surface area contributed by atoms with Crippen LogP contribution < -0.4 is 11.1 Å². The summed E-state index contributed by atoms with van der Waals surface area (Å²) in [4.78, 5) is 10.6. The molecular formula is C10H22N2O2. The summed E-state index contributed by atoms with van der Waals surface area (Å²) in [5, 5.41) is 12.3. The highest BCUT2D eigenvalue weighted by molar-refractivity contribution is 5.74. The van der Waals surface area contributed by atoms with Crippen molar-refractivity contribution in [1.29, 1.82) is 0 Å². The smallest absolute Gasteiger partial charge is 0.218 e. The Bertz CT molecular complexity index is 172. The average molecular weight is 202 g/mol. The first-order chi connectivity index (χ1) is 6.45. The number of carbonyl (C=O) groups is 1. The van der Waals surface area contributed by atoms with Gasteiger partial charge in [-0.25, -0.2) is 0 Å². The van der Waals surface area contributed by atoms with E-state index >= 15 is 0 Å². The van der Waals surface area contributed by atoms with Crippen LogP contribution in [0.15, 0.2) is 0 Å². The van der Waals surface area contributed by atoms with Gasteiger partial charge in [0.1, 0.15) is 0 Å². The van der Waals surface area contributed by atoms with E-state index in [2.05, 4.69) is 19.2 Å². The number of nitrogens with two attached hydrogens (primary N) is 1. The molecule has 0 aromatic heterocycles. The molecule has 0 bridgehead atoms. The number of aliphatic hydroxyl groups excluding tert-OH is 1. The highest BCUT2D eigenvalue weighted by Crippen LogP contribution is 2.05. The van der Waals surface area contributed by atoms with Gasteiger partial charge in [-0.1, -0.05) is 13.8 Å². The minimum absolute atomic E-state index is 0.0309. The summed E-state index contributed by atoms with van der Waals surface area (Å²) >= 11 is 0. The summed E-state index contributed by atoms with van der Waals surface area (Å²) in [6.45, 7) is 6.20. The van der Waals surface area contributed by atoms with E-state index in [0.717, 1.165) is 6.42 Å². The number of hydrogen-bond acceptors (Lipinski definition) is 3. The van der Waals surface area contributed by atoms with E-state index in [9.17, 15) is 4.79 Å². The zero-order chi connectivity index (χ0) is 11.1. The maximum atomic E-state index is 10.6. The fourth-order valence-corrected chi connectivity index (χ4v) is 1.53. The fourth-order valence-electron chi connectivity index (χ4n) is 1.53. The Hall–Kier alpha value is -0.610. The normalized spacial score (nSPS) is 15.5. The number of aliphatic hydroxyl groups is 1. The molecule has 0 saturated heterocycles. The van der Waals surface area contributed by atoms with Crippen LogP contribution in [0.5, 0.6) is 0 Å². The Morgan fingerprint density at radius 2 is 2.00 bits per heavy atom. The molecular weight excluding hydrogens is 180 g/mol. The predicted molar refractivity (Wildman–Crippen MR) is 56.7 cm³/mol. The molecule has 4 heteroatoms. The Balaban J connectivity index is 3.85. The molecule has 2 unspecified atom stereocenters. The van der Waals surface area contributed by atoms with Gasteiger partial charge in [0.25, 0.3) is 0 Å². The quantitative estimate of drug-likeness (QED) is 0.554. The standard InChI is InChI=1S/C10H22N2O2/c1-7(2)4-9(6-13)12-8(3)5-10(11)14/h7-9,12-13H,4-6H2,1-3H3,(H2,11,14). The highest BCUT2D eigenvalue weighted by Gasteiger charge is 2.13. The predicted octanol–water partition coefficient (Wildman–Crippen LogP) is 0.247. The fraction of sp³-hybridized carbons (Fsp3) is 0.900. The second kappa shape index (κ2) is 6.79. The number of primary amides is 1. The van der Waals surface area contributed by atoms with Crippen molar-refractivity contribution in [3.8, 4) is 0 Å². The summed E-state index contributed by atoms with van der Waals surface area (Å²) in [7, 11) is 0. The Morgan fingerprint density at radius 3 is 2.36 bits per heavy atom. The lowest BCUT2D eigenvalue weighted by Gasteiger charge is -2.22. The van der Waals surface area contributed by atoms with E-state index in [-0.39, 0.29) is 24.6 Å². The van der Waals surface area contributed by atoms with Gasteiger partial charge in [0.15, 0.2) is 0 Å². The molecule has 0 fully saturated rings. The molecule has 0 aliphatic rings. The van der Waals surface area contributed by atoms with Crippen LogP contribution in [0.25, 0.3) is 0 Å². The number of carbonyl (C=O) groups excluding carboxylic acids is 1. The Morgan fingerprint density at radius 1 is 1.43 bits per heavy atom. The average Bonchev–Trinajstić information content (AvgIpc) is 2.00. The van der Waals surface area contributed by atoms with Crippen LogP contribution >= 0.6 is 0 Å². The van der Waals surface area contributed by atoms with Crippen molar-refractivity contribution in [2.45, 2.75) is 45.7 Å². The number of rotatable bonds is 7. The van der Waals surface area contributed by atoms with E-state index in [4.69, 9.17) is 10.8 Å². The van der Waals surface area contributed by atoms with E-state index < -0.39 is 0 Å². The second-order valence-corrected chi connectivity index (χ2v) is 4.25. The lowest BCUT2D eigenvalue weighted by atomic mass is 10.0. The van der Waals surface area contributed by atoms with Crippen LogP contribution in [0.1, 0.15) is 33.6 Å². The van der Waals surface area contributed by atoms with Crippen molar-refractivity contribution in [3.05, 3.63) is 0 Å². The lowest BCUT2D eigenvalue weighted by Crippen LogP contribution is -2.41. The summed E-state index contributed by atoms with van der Waals surface area (Å²) < 4.78 is 0. The molecule has 84 valence electrons. The number of amides is 1. The number of hydrogen-bond donors (Lipinski definition) is 3. The van der Waals surface area contributed by atoms with E-state index in [1.165, 1.54) is 0 Å². The summed E-state index contributed by atoms with van der Waals surface area (Å²) in [6.07, 6.45) is 1.22. The molecule has 0 radical (unpaired) electrons. The van der Waals surface area contributed by atoms with Gasteiger partial charge in [-0.05, 0) is 19.3 Å². The van der Waals surface area contributed by atoms with Crippen molar-refractivity contribution < 1.29 is 9.90 Å². The van der Waals surface area contributed by atoms with Crippen molar-refractivity contribution in [1.82, 2.24) is 5.32 Å². The Labute approximate surface area is 85.9 Å². The summed E-state index contributed by atoms with van der Waals surface area (Å²) in [5.41, 5.74) is 5.07.